The van der Waals surface area contributed by atoms with Crippen molar-refractivity contribution in [3.63, 3.8) is 0 Å². The molecule has 0 aliphatic carbocycles. The summed E-state index contributed by atoms with van der Waals surface area (Å²) in [6, 6.07) is 46.4. The van der Waals surface area contributed by atoms with Gasteiger partial charge in [0.15, 0.2) is 16.6 Å². The predicted octanol–water partition coefficient (Wildman–Crippen LogP) is 11.0. The van der Waals surface area contributed by atoms with Gasteiger partial charge in [-0.15, -0.1) is 11.3 Å². The van der Waals surface area contributed by atoms with Crippen LogP contribution in [-0.4, -0.2) is 36.0 Å². The Kier molecular flexibility index (Phi) is 13.5. The molecule has 0 bridgehead atoms. The Morgan fingerprint density at radius 2 is 1.18 bits per heavy atom. The minimum atomic E-state index is -1.33. The summed E-state index contributed by atoms with van der Waals surface area (Å²) >= 11 is 15.0. The molecule has 0 unspecified atom stereocenters. The van der Waals surface area contributed by atoms with E-state index >= 15 is 0 Å². The van der Waals surface area contributed by atoms with Crippen LogP contribution in [0.1, 0.15) is 39.1 Å². The van der Waals surface area contributed by atoms with Crippen molar-refractivity contribution in [1.29, 1.82) is 0 Å². The van der Waals surface area contributed by atoms with Crippen molar-refractivity contribution >= 4 is 51.4 Å². The number of nitrogens with zero attached hydrogens (tertiary/aromatic N) is 2. The van der Waals surface area contributed by atoms with E-state index in [4.69, 9.17) is 52.0 Å². The number of anilines is 1. The van der Waals surface area contributed by atoms with E-state index in [2.05, 4.69) is 10.5 Å². The lowest BCUT2D eigenvalue weighted by molar-refractivity contribution is -0.129. The zero-order valence-corrected chi connectivity index (χ0v) is 34.8. The second kappa shape index (κ2) is 19.5. The van der Waals surface area contributed by atoms with Crippen LogP contribution in [0.4, 0.5) is 5.13 Å². The average Bonchev–Trinajstić information content (AvgIpc) is 3.75. The molecule has 7 rings (SSSR count). The molecule has 0 radical (unpaired) electrons. The zero-order valence-electron chi connectivity index (χ0n) is 32.5. The van der Waals surface area contributed by atoms with E-state index < -0.39 is 17.2 Å². The van der Waals surface area contributed by atoms with Gasteiger partial charge in [-0.2, -0.15) is 0 Å². The summed E-state index contributed by atoms with van der Waals surface area (Å²) in [4.78, 5) is 23.0. The smallest absolute Gasteiger partial charge is 0.360 e. The maximum Gasteiger partial charge on any atom is 0.360 e. The van der Waals surface area contributed by atoms with Crippen LogP contribution in [0.5, 0.6) is 23.0 Å². The summed E-state index contributed by atoms with van der Waals surface area (Å²) in [7, 11) is 3.19. The summed E-state index contributed by atoms with van der Waals surface area (Å²) in [5.74, 6) is 0.494. The number of carboxylic acid groups (broad SMARTS) is 1. The van der Waals surface area contributed by atoms with Crippen LogP contribution in [0.25, 0.3) is 0 Å². The number of hydrogen-bond donors (Lipinski definition) is 2. The first kappa shape index (κ1) is 41.6. The Labute approximate surface area is 361 Å². The largest absolute Gasteiger partial charge is 0.497 e. The maximum absolute atomic E-state index is 12.6. The number of carboxylic acids is 1. The fraction of sp³-hybridized carbons (Fsp3) is 0.128. The third kappa shape index (κ3) is 9.50. The van der Waals surface area contributed by atoms with Crippen LogP contribution in [0, 0.1) is 0 Å². The molecule has 0 fully saturated rings. The van der Waals surface area contributed by atoms with Gasteiger partial charge in [0.1, 0.15) is 42.6 Å². The van der Waals surface area contributed by atoms with Gasteiger partial charge in [0, 0.05) is 10.9 Å². The summed E-state index contributed by atoms with van der Waals surface area (Å²) in [6.45, 7) is 0.0426. The molecule has 304 valence electrons. The van der Waals surface area contributed by atoms with E-state index in [1.807, 2.05) is 140 Å². The van der Waals surface area contributed by atoms with Gasteiger partial charge in [0.2, 0.25) is 5.71 Å². The first-order chi connectivity index (χ1) is 29.3. The van der Waals surface area contributed by atoms with Gasteiger partial charge in [0.05, 0.1) is 24.3 Å². The van der Waals surface area contributed by atoms with Crippen LogP contribution >= 0.6 is 34.5 Å². The van der Waals surface area contributed by atoms with Crippen LogP contribution < -0.4 is 24.3 Å². The number of hydrogen-bond acceptors (Lipinski definition) is 10. The third-order valence-corrected chi connectivity index (χ3v) is 11.0. The topological polar surface area (TPSA) is 121 Å². The van der Waals surface area contributed by atoms with Gasteiger partial charge in [-0.25, -0.2) is 9.78 Å². The molecule has 1 aromatic heterocycles. The number of nitrogens with one attached hydrogen (secondary N) is 1. The molecular weight excluding hydrogens is 822 g/mol. The molecule has 13 heteroatoms. The van der Waals surface area contributed by atoms with E-state index in [-0.39, 0.29) is 47.1 Å². The number of halogens is 2. The van der Waals surface area contributed by atoms with Gasteiger partial charge >= 0.3 is 5.97 Å². The fourth-order valence-electron chi connectivity index (χ4n) is 6.50. The van der Waals surface area contributed by atoms with Crippen molar-refractivity contribution < 1.29 is 33.7 Å². The lowest BCUT2D eigenvalue weighted by Crippen LogP contribution is -2.38. The average molecular weight is 861 g/mol. The predicted molar refractivity (Wildman–Crippen MR) is 235 cm³/mol. The van der Waals surface area contributed by atoms with Crippen LogP contribution in [0.15, 0.2) is 156 Å². The Balaban J connectivity index is 1.15. The normalized spacial score (nSPS) is 11.4. The van der Waals surface area contributed by atoms with E-state index in [1.54, 1.807) is 25.7 Å². The quantitative estimate of drug-likeness (QED) is 0.0493. The number of aromatic nitrogens is 1. The molecule has 6 aromatic carbocycles. The van der Waals surface area contributed by atoms with Gasteiger partial charge < -0.3 is 34.2 Å². The molecule has 0 spiro atoms. The van der Waals surface area contributed by atoms with E-state index in [0.717, 1.165) is 27.8 Å². The number of rotatable bonds is 18. The summed E-state index contributed by atoms with van der Waals surface area (Å²) < 4.78 is 23.0. The first-order valence-corrected chi connectivity index (χ1v) is 20.3. The monoisotopic (exact) mass is 859 g/mol. The molecule has 2 N–H and O–H groups in total. The van der Waals surface area contributed by atoms with Crippen LogP contribution in [0.3, 0.4) is 0 Å². The van der Waals surface area contributed by atoms with Gasteiger partial charge in [-0.1, -0.05) is 144 Å². The highest BCUT2D eigenvalue weighted by Gasteiger charge is 2.37. The van der Waals surface area contributed by atoms with Crippen molar-refractivity contribution in [1.82, 2.24) is 4.98 Å². The fourth-order valence-corrected chi connectivity index (χ4v) is 7.77. The number of ether oxygens (including phenoxy) is 4. The van der Waals surface area contributed by atoms with Crippen molar-refractivity contribution in [2.45, 2.75) is 25.4 Å². The van der Waals surface area contributed by atoms with Crippen molar-refractivity contribution in [2.24, 2.45) is 5.16 Å². The Morgan fingerprint density at radius 1 is 0.700 bits per heavy atom. The highest BCUT2D eigenvalue weighted by molar-refractivity contribution is 7.14. The lowest BCUT2D eigenvalue weighted by Gasteiger charge is -2.36. The van der Waals surface area contributed by atoms with E-state index in [0.29, 0.717) is 22.2 Å². The second-order valence-corrected chi connectivity index (χ2v) is 14.9. The second-order valence-electron chi connectivity index (χ2n) is 13.3. The van der Waals surface area contributed by atoms with Gasteiger partial charge in [-0.05, 0) is 58.1 Å². The number of methoxy groups -OCH3 is 2. The SMILES string of the molecule is COc1ccc(COc2c(Cl)cc(CON=C(C(=O)O)c3csc(NC(c4ccccc4)(c4ccccc4)c4ccccc4)n3)c(Cl)c2OCc2ccc(OC)cc2)cc1. The molecule has 0 saturated carbocycles. The summed E-state index contributed by atoms with van der Waals surface area (Å²) in [5, 5.41) is 20.5. The van der Waals surface area contributed by atoms with Gasteiger partial charge in [0.25, 0.3) is 0 Å². The first-order valence-electron chi connectivity index (χ1n) is 18.6. The summed E-state index contributed by atoms with van der Waals surface area (Å²) in [5.41, 5.74) is 3.82. The third-order valence-electron chi connectivity index (χ3n) is 9.53. The molecule has 7 aromatic rings. The van der Waals surface area contributed by atoms with Crippen molar-refractivity contribution in [3.05, 3.63) is 200 Å². The Bertz CT molecular complexity index is 2440. The molecule has 0 saturated heterocycles. The maximum atomic E-state index is 12.6. The molecule has 0 amide bonds. The van der Waals surface area contributed by atoms with E-state index in [1.165, 1.54) is 11.3 Å². The summed E-state index contributed by atoms with van der Waals surface area (Å²) in [6.07, 6.45) is 0. The van der Waals surface area contributed by atoms with Crippen LogP contribution in [0.2, 0.25) is 10.0 Å². The van der Waals surface area contributed by atoms with Crippen molar-refractivity contribution in [3.8, 4) is 23.0 Å². The van der Waals surface area contributed by atoms with E-state index in [9.17, 15) is 9.90 Å². The molecule has 60 heavy (non-hydrogen) atoms. The van der Waals surface area contributed by atoms with Crippen molar-refractivity contribution in [2.75, 3.05) is 19.5 Å². The number of aliphatic carboxylic acids is 1. The lowest BCUT2D eigenvalue weighted by atomic mass is 9.77. The molecule has 1 heterocycles. The number of oxime groups is 1. The molecule has 10 nitrogen and oxygen atoms in total. The number of benzene rings is 6. The van der Waals surface area contributed by atoms with Crippen LogP contribution in [-0.2, 0) is 35.0 Å². The highest BCUT2D eigenvalue weighted by Crippen LogP contribution is 2.45. The molecule has 0 aliphatic rings. The van der Waals surface area contributed by atoms with Gasteiger partial charge in [-0.3, -0.25) is 0 Å². The standard InChI is InChI=1S/C47H39Cl2N3O7S/c1-55-37-22-18-31(19-23-37)27-57-43-39(48)26-33(41(49)44(43)58-28-32-20-24-38(56-2)25-21-32)29-59-52-42(45(53)54)40-30-60-46(50-40)51-47(34-12-6-3-7-13-34,35-14-8-4-9-15-35)36-16-10-5-11-17-36/h3-26,30H,27-29H2,1-2H3,(H,50,51)(H,53,54). The Morgan fingerprint density at radius 3 is 1.65 bits per heavy atom. The minimum Gasteiger partial charge on any atom is -0.497 e. The number of carbonyl (C=O) groups is 1. The Hall–Kier alpha value is -6.53. The zero-order chi connectivity index (χ0) is 41.9. The number of thiazole rings is 1. The molecular formula is C47H39Cl2N3O7S. The minimum absolute atomic E-state index is 0.105. The molecule has 0 atom stereocenters. The molecule has 0 aliphatic heterocycles. The highest BCUT2D eigenvalue weighted by atomic mass is 35.5.